The Bertz CT molecular complexity index is 978. The van der Waals surface area contributed by atoms with E-state index < -0.39 is 28.7 Å². The van der Waals surface area contributed by atoms with E-state index in [1.807, 2.05) is 45.9 Å². The molecule has 166 valence electrons. The summed E-state index contributed by atoms with van der Waals surface area (Å²) >= 11 is 7.31. The molecule has 2 saturated heterocycles. The van der Waals surface area contributed by atoms with Crippen molar-refractivity contribution in [2.24, 2.45) is 0 Å². The topological polar surface area (TPSA) is 72.5 Å². The largest absolute Gasteiger partial charge is 0.493 e. The Hall–Kier alpha value is -1.23. The van der Waals surface area contributed by atoms with E-state index in [0.717, 1.165) is 10.0 Å². The van der Waals surface area contributed by atoms with Crippen LogP contribution in [-0.4, -0.2) is 48.6 Å². The second-order valence-electron chi connectivity index (χ2n) is 9.26. The van der Waals surface area contributed by atoms with E-state index in [1.54, 1.807) is 7.11 Å². The highest BCUT2D eigenvalue weighted by atomic mass is 79.9. The maximum atomic E-state index is 13.0. The van der Waals surface area contributed by atoms with Gasteiger partial charge in [-0.15, -0.1) is 0 Å². The summed E-state index contributed by atoms with van der Waals surface area (Å²) in [6.07, 6.45) is 1.33. The molecule has 0 N–H and O–H groups in total. The monoisotopic (exact) mass is 556 g/mol. The lowest BCUT2D eigenvalue weighted by Gasteiger charge is -2.50. The molecule has 10 heteroatoms. The summed E-state index contributed by atoms with van der Waals surface area (Å²) in [4.78, 5) is 13.0. The molecule has 6 rings (SSSR count). The second-order valence-corrected chi connectivity index (χ2v) is 11.5. The van der Waals surface area contributed by atoms with Crippen LogP contribution in [0.25, 0.3) is 0 Å². The molecule has 1 aromatic rings. The van der Waals surface area contributed by atoms with Gasteiger partial charge in [0.1, 0.15) is 10.4 Å². The smallest absolute Gasteiger partial charge is 0.466 e. The zero-order valence-electron chi connectivity index (χ0n) is 17.9. The number of ether oxygens (including phenoxy) is 4. The molecule has 5 aliphatic rings. The highest BCUT2D eigenvalue weighted by molar-refractivity contribution is 9.12. The van der Waals surface area contributed by atoms with Gasteiger partial charge in [-0.3, -0.25) is 4.79 Å². The summed E-state index contributed by atoms with van der Waals surface area (Å²) in [6.45, 7) is 8.15. The highest BCUT2D eigenvalue weighted by Crippen LogP contribution is 2.61. The fourth-order valence-corrected chi connectivity index (χ4v) is 6.65. The molecule has 7 nitrogen and oxygen atoms in total. The van der Waals surface area contributed by atoms with Gasteiger partial charge in [0.2, 0.25) is 12.5 Å². The van der Waals surface area contributed by atoms with Gasteiger partial charge < -0.3 is 28.3 Å². The van der Waals surface area contributed by atoms with Gasteiger partial charge in [-0.2, -0.15) is 0 Å². The number of carbonyl (C=O) groups excluding carboxylic acids is 1. The van der Waals surface area contributed by atoms with E-state index in [9.17, 15) is 4.79 Å². The molecule has 0 spiro atoms. The molecule has 4 atom stereocenters. The Balaban J connectivity index is 1.66. The first-order valence-electron chi connectivity index (χ1n) is 10.1. The van der Waals surface area contributed by atoms with Crippen LogP contribution < -0.4 is 14.2 Å². The average Bonchev–Trinajstić information content (AvgIpc) is 3.23. The van der Waals surface area contributed by atoms with Crippen LogP contribution in [0.15, 0.2) is 22.7 Å². The number of esters is 1. The molecule has 2 fully saturated rings. The zero-order chi connectivity index (χ0) is 22.3. The summed E-state index contributed by atoms with van der Waals surface area (Å²) in [7, 11) is 0.983. The van der Waals surface area contributed by atoms with E-state index in [-0.39, 0.29) is 24.5 Å². The number of carbonyl (C=O) groups is 1. The van der Waals surface area contributed by atoms with Crippen LogP contribution in [0.2, 0.25) is 5.82 Å². The number of methoxy groups -OCH3 is 1. The predicted molar refractivity (Wildman–Crippen MR) is 120 cm³/mol. The number of halogens is 2. The lowest BCUT2D eigenvalue weighted by molar-refractivity contribution is -0.156. The molecular formula is C21H23BBr2O7. The molecular weight excluding hydrogens is 535 g/mol. The van der Waals surface area contributed by atoms with Crippen LogP contribution in [0.3, 0.4) is 0 Å². The summed E-state index contributed by atoms with van der Waals surface area (Å²) in [5, 5.41) is 0. The standard InChI is InChI=1S/C21H23BBr2O7/c1-19(2)20(3,4)31-22(30-19)15-14(21(24)8-11(23)16(15)29-18(21)25)10-6-12(26-5)17-13(7-10)27-9-28-17/h6-8,14-16H,9H2,1-5H3/t14-,15-,16+,21+/m0/s1. The van der Waals surface area contributed by atoms with Crippen molar-refractivity contribution in [3.05, 3.63) is 28.3 Å². The molecule has 1 aromatic carbocycles. The molecule has 4 aliphatic heterocycles. The maximum Gasteiger partial charge on any atom is 0.466 e. The average molecular weight is 558 g/mol. The van der Waals surface area contributed by atoms with Crippen molar-refractivity contribution in [2.45, 2.75) is 61.1 Å². The lowest BCUT2D eigenvalue weighted by Crippen LogP contribution is -2.58. The first-order valence-corrected chi connectivity index (χ1v) is 11.7. The van der Waals surface area contributed by atoms with Gasteiger partial charge in [0.15, 0.2) is 11.5 Å². The maximum absolute atomic E-state index is 13.0. The highest BCUT2D eigenvalue weighted by Gasteiger charge is 2.67. The number of rotatable bonds is 3. The number of hydrogen-bond donors (Lipinski definition) is 0. The van der Waals surface area contributed by atoms with Crippen molar-refractivity contribution in [1.29, 1.82) is 0 Å². The lowest BCUT2D eigenvalue weighted by atomic mass is 9.54. The van der Waals surface area contributed by atoms with Crippen LogP contribution >= 0.6 is 31.9 Å². The van der Waals surface area contributed by atoms with E-state index in [1.165, 1.54) is 0 Å². The quantitative estimate of drug-likeness (QED) is 0.311. The summed E-state index contributed by atoms with van der Waals surface area (Å²) in [5.74, 6) is 0.653. The van der Waals surface area contributed by atoms with Gasteiger partial charge in [-0.05, 0) is 51.5 Å². The van der Waals surface area contributed by atoms with E-state index in [4.69, 9.17) is 28.3 Å². The van der Waals surface area contributed by atoms with Crippen LogP contribution in [0, 0.1) is 0 Å². The van der Waals surface area contributed by atoms with Gasteiger partial charge in [-0.1, -0.05) is 31.9 Å². The summed E-state index contributed by atoms with van der Waals surface area (Å²) in [5.41, 5.74) is -0.202. The summed E-state index contributed by atoms with van der Waals surface area (Å²) in [6, 6.07) is 3.78. The third-order valence-electron chi connectivity index (χ3n) is 6.98. The van der Waals surface area contributed by atoms with Crippen molar-refractivity contribution < 1.29 is 33.1 Å². The molecule has 31 heavy (non-hydrogen) atoms. The normalized spacial score (nSPS) is 34.5. The van der Waals surface area contributed by atoms with Crippen LogP contribution in [-0.2, 0) is 18.8 Å². The fourth-order valence-electron chi connectivity index (χ4n) is 4.68. The Morgan fingerprint density at radius 3 is 2.45 bits per heavy atom. The SMILES string of the molecule is COc1cc([C@H]2[C@H](B3OC(C)(C)C(C)(C)O3)[C@@H]3OC(=O)[C@@]2(Br)C=C3Br)cc2c1OCO2. The molecule has 0 aromatic heterocycles. The van der Waals surface area contributed by atoms with Gasteiger partial charge in [0.25, 0.3) is 0 Å². The van der Waals surface area contributed by atoms with Crippen LogP contribution in [0.5, 0.6) is 17.2 Å². The minimum atomic E-state index is -1.10. The molecule has 4 heterocycles. The molecule has 0 saturated carbocycles. The van der Waals surface area contributed by atoms with Gasteiger partial charge in [-0.25, -0.2) is 0 Å². The van der Waals surface area contributed by atoms with Gasteiger partial charge >= 0.3 is 13.1 Å². The number of fused-ring (bicyclic) bond motifs is 3. The molecule has 1 aliphatic carbocycles. The van der Waals surface area contributed by atoms with Crippen molar-refractivity contribution in [3.63, 3.8) is 0 Å². The Kier molecular flexibility index (Phi) is 4.80. The first-order chi connectivity index (χ1) is 14.5. The molecule has 0 unspecified atom stereocenters. The van der Waals surface area contributed by atoms with Crippen molar-refractivity contribution in [3.8, 4) is 17.2 Å². The Morgan fingerprint density at radius 2 is 1.81 bits per heavy atom. The van der Waals surface area contributed by atoms with E-state index >= 15 is 0 Å². The fraction of sp³-hybridized carbons (Fsp3) is 0.571. The number of benzene rings is 1. The first kappa shape index (κ1) is 21.6. The third-order valence-corrected chi connectivity index (χ3v) is 8.71. The summed E-state index contributed by atoms with van der Waals surface area (Å²) < 4.78 is 35.1. The minimum absolute atomic E-state index is 0.121. The number of alkyl halides is 1. The molecule has 0 amide bonds. The Labute approximate surface area is 198 Å². The van der Waals surface area contributed by atoms with Gasteiger partial charge in [0.05, 0.1) is 18.3 Å². The minimum Gasteiger partial charge on any atom is -0.493 e. The predicted octanol–water partition coefficient (Wildman–Crippen LogP) is 4.32. The third kappa shape index (κ3) is 3.01. The van der Waals surface area contributed by atoms with E-state index in [2.05, 4.69) is 31.9 Å². The zero-order valence-corrected chi connectivity index (χ0v) is 21.0. The van der Waals surface area contributed by atoms with Gasteiger partial charge in [0, 0.05) is 16.2 Å². The van der Waals surface area contributed by atoms with Crippen molar-refractivity contribution >= 4 is 44.9 Å². The Morgan fingerprint density at radius 1 is 1.13 bits per heavy atom. The van der Waals surface area contributed by atoms with Crippen molar-refractivity contribution in [1.82, 2.24) is 0 Å². The van der Waals surface area contributed by atoms with Crippen LogP contribution in [0.4, 0.5) is 0 Å². The molecule has 0 radical (unpaired) electrons. The molecule has 2 bridgehead atoms. The van der Waals surface area contributed by atoms with E-state index in [0.29, 0.717) is 17.2 Å². The second kappa shape index (κ2) is 6.89. The van der Waals surface area contributed by atoms with Crippen LogP contribution in [0.1, 0.15) is 39.2 Å². The number of hydrogen-bond acceptors (Lipinski definition) is 7. The van der Waals surface area contributed by atoms with Crippen molar-refractivity contribution in [2.75, 3.05) is 13.9 Å².